The Morgan fingerprint density at radius 3 is 2.69 bits per heavy atom. The quantitative estimate of drug-likeness (QED) is 0.676. The smallest absolute Gasteiger partial charge is 0.410 e. The van der Waals surface area contributed by atoms with Gasteiger partial charge in [0, 0.05) is 31.2 Å². The van der Waals surface area contributed by atoms with Gasteiger partial charge in [0.05, 0.1) is 5.56 Å². The molecule has 2 rings (SSSR count). The maximum atomic E-state index is 12.4. The number of aryl methyl sites for hydroxylation is 1. The summed E-state index contributed by atoms with van der Waals surface area (Å²) < 4.78 is 5.30. The first kappa shape index (κ1) is 25.4. The van der Waals surface area contributed by atoms with Crippen molar-refractivity contribution in [3.63, 3.8) is 0 Å². The molecule has 0 aromatic carbocycles. The summed E-state index contributed by atoms with van der Waals surface area (Å²) in [5, 5.41) is 6.37. The Kier molecular flexibility index (Phi) is 8.88. The molecule has 0 saturated heterocycles. The van der Waals surface area contributed by atoms with Gasteiger partial charge in [-0.05, 0) is 60.8 Å². The van der Waals surface area contributed by atoms with Crippen LogP contribution in [0.1, 0.15) is 71.7 Å². The van der Waals surface area contributed by atoms with Gasteiger partial charge < -0.3 is 20.3 Å². The second-order valence-electron chi connectivity index (χ2n) is 9.71. The fourth-order valence-corrected chi connectivity index (χ4v) is 3.47. The number of amides is 2. The highest BCUT2D eigenvalue weighted by atomic mass is 16.6. The first-order chi connectivity index (χ1) is 14.9. The molecule has 32 heavy (non-hydrogen) atoms. The van der Waals surface area contributed by atoms with Crippen LogP contribution >= 0.6 is 0 Å². The van der Waals surface area contributed by atoms with Gasteiger partial charge in [-0.25, -0.2) is 14.8 Å². The van der Waals surface area contributed by atoms with Crippen LogP contribution in [0.2, 0.25) is 0 Å². The van der Waals surface area contributed by atoms with E-state index in [1.165, 1.54) is 4.90 Å². The molecule has 2 N–H and O–H groups in total. The molecule has 1 saturated carbocycles. The first-order valence-corrected chi connectivity index (χ1v) is 11.3. The van der Waals surface area contributed by atoms with Crippen molar-refractivity contribution in [2.75, 3.05) is 18.9 Å². The van der Waals surface area contributed by atoms with Crippen LogP contribution in [0, 0.1) is 24.7 Å². The predicted molar refractivity (Wildman–Crippen MR) is 125 cm³/mol. The summed E-state index contributed by atoms with van der Waals surface area (Å²) in [4.78, 5) is 34.5. The lowest BCUT2D eigenvalue weighted by Crippen LogP contribution is -2.45. The molecule has 0 bridgehead atoms. The molecule has 0 spiro atoms. The zero-order chi connectivity index (χ0) is 23.9. The minimum absolute atomic E-state index is 0.0350. The molecular formula is C24H37N5O3. The average molecular weight is 444 g/mol. The number of carbonyl (C=O) groups is 2. The second kappa shape index (κ2) is 11.2. The number of aromatic nitrogens is 2. The molecule has 0 radical (unpaired) electrons. The van der Waals surface area contributed by atoms with E-state index in [1.54, 1.807) is 34.0 Å². The Morgan fingerprint density at radius 2 is 2.03 bits per heavy atom. The van der Waals surface area contributed by atoms with Crippen molar-refractivity contribution in [2.45, 2.75) is 84.9 Å². The number of hydrogen-bond acceptors (Lipinski definition) is 6. The van der Waals surface area contributed by atoms with E-state index in [0.717, 1.165) is 37.1 Å². The van der Waals surface area contributed by atoms with Crippen molar-refractivity contribution >= 4 is 17.8 Å². The molecule has 8 heteroatoms. The van der Waals surface area contributed by atoms with Gasteiger partial charge in [-0.3, -0.25) is 4.79 Å². The summed E-state index contributed by atoms with van der Waals surface area (Å²) in [5.74, 6) is 8.05. The molecule has 2 atom stereocenters. The van der Waals surface area contributed by atoms with Gasteiger partial charge in [0.1, 0.15) is 23.8 Å². The predicted octanol–water partition coefficient (Wildman–Crippen LogP) is 3.50. The van der Waals surface area contributed by atoms with Gasteiger partial charge in [-0.15, -0.1) is 0 Å². The summed E-state index contributed by atoms with van der Waals surface area (Å²) >= 11 is 0. The molecule has 1 aromatic heterocycles. The molecule has 0 unspecified atom stereocenters. The van der Waals surface area contributed by atoms with Crippen molar-refractivity contribution in [1.82, 2.24) is 20.2 Å². The second-order valence-corrected chi connectivity index (χ2v) is 9.71. The molecule has 2 amide bonds. The Morgan fingerprint density at radius 1 is 1.31 bits per heavy atom. The van der Waals surface area contributed by atoms with Crippen LogP contribution in [-0.2, 0) is 9.53 Å². The van der Waals surface area contributed by atoms with E-state index >= 15 is 0 Å². The normalized spacial score (nSPS) is 18.4. The van der Waals surface area contributed by atoms with Crippen LogP contribution in [0.25, 0.3) is 0 Å². The number of rotatable bonds is 5. The fraction of sp³-hybridized carbons (Fsp3) is 0.667. The summed E-state index contributed by atoms with van der Waals surface area (Å²) in [6.45, 7) is 11.3. The van der Waals surface area contributed by atoms with Gasteiger partial charge in [-0.1, -0.05) is 18.3 Å². The van der Waals surface area contributed by atoms with Crippen molar-refractivity contribution in [1.29, 1.82) is 0 Å². The minimum Gasteiger partial charge on any atom is -0.444 e. The van der Waals surface area contributed by atoms with Crippen molar-refractivity contribution in [3.05, 3.63) is 17.6 Å². The lowest BCUT2D eigenvalue weighted by molar-refractivity contribution is -0.123. The first-order valence-electron chi connectivity index (χ1n) is 11.3. The summed E-state index contributed by atoms with van der Waals surface area (Å²) in [7, 11) is 1.56. The third-order valence-corrected chi connectivity index (χ3v) is 4.87. The number of ether oxygens (including phenoxy) is 1. The molecule has 1 heterocycles. The number of nitrogens with one attached hydrogen (secondary N) is 2. The molecule has 1 aliphatic rings. The van der Waals surface area contributed by atoms with E-state index in [-0.39, 0.29) is 30.5 Å². The Bertz CT molecular complexity index is 867. The van der Waals surface area contributed by atoms with E-state index in [9.17, 15) is 9.59 Å². The topological polar surface area (TPSA) is 96.5 Å². The third-order valence-electron chi connectivity index (χ3n) is 4.87. The van der Waals surface area contributed by atoms with Gasteiger partial charge in [0.15, 0.2) is 0 Å². The van der Waals surface area contributed by atoms with Crippen LogP contribution in [0.15, 0.2) is 6.20 Å². The lowest BCUT2D eigenvalue weighted by Gasteiger charge is -2.28. The minimum atomic E-state index is -0.593. The standard InChI is InChI=1S/C24H37N5O3/c1-16(2)26-22-19(14-25-17(3)27-22)12-11-18-9-8-10-20(13-18)28-21(30)15-29(7)23(31)32-24(4,5)6/h14,16,18,20H,8-10,13,15H2,1-7H3,(H,28,30)(H,25,26,27)/t18-,20-/m0/s1. The fourth-order valence-electron chi connectivity index (χ4n) is 3.47. The van der Waals surface area contributed by atoms with E-state index in [1.807, 2.05) is 6.92 Å². The van der Waals surface area contributed by atoms with E-state index in [4.69, 9.17) is 4.74 Å². The van der Waals surface area contributed by atoms with Crippen LogP contribution in [0.4, 0.5) is 10.6 Å². The molecule has 1 aliphatic carbocycles. The Hall–Kier alpha value is -2.82. The Balaban J connectivity index is 1.94. The van der Waals surface area contributed by atoms with E-state index < -0.39 is 11.7 Å². The maximum Gasteiger partial charge on any atom is 0.410 e. The summed E-state index contributed by atoms with van der Waals surface area (Å²) in [5.41, 5.74) is 0.193. The van der Waals surface area contributed by atoms with Crippen LogP contribution in [-0.4, -0.2) is 58.1 Å². The van der Waals surface area contributed by atoms with Crippen molar-refractivity contribution < 1.29 is 14.3 Å². The van der Waals surface area contributed by atoms with E-state index in [0.29, 0.717) is 5.82 Å². The van der Waals surface area contributed by atoms with Gasteiger partial charge in [-0.2, -0.15) is 0 Å². The van der Waals surface area contributed by atoms with Gasteiger partial charge in [0.2, 0.25) is 5.91 Å². The van der Waals surface area contributed by atoms with Crippen molar-refractivity contribution in [2.24, 2.45) is 5.92 Å². The average Bonchev–Trinajstić information content (AvgIpc) is 2.65. The summed E-state index contributed by atoms with van der Waals surface area (Å²) in [6, 6.07) is 0.294. The van der Waals surface area contributed by atoms with Crippen LogP contribution in [0.5, 0.6) is 0 Å². The lowest BCUT2D eigenvalue weighted by atomic mass is 9.86. The number of likely N-dealkylation sites (N-methyl/N-ethyl adjacent to an activating group) is 1. The zero-order valence-electron chi connectivity index (χ0n) is 20.4. The molecule has 176 valence electrons. The highest BCUT2D eigenvalue weighted by molar-refractivity contribution is 5.82. The number of hydrogen-bond donors (Lipinski definition) is 2. The maximum absolute atomic E-state index is 12.4. The molecule has 1 aromatic rings. The number of carbonyl (C=O) groups excluding carboxylic acids is 2. The third kappa shape index (κ3) is 8.74. The molecule has 8 nitrogen and oxygen atoms in total. The number of nitrogens with zero attached hydrogens (tertiary/aromatic N) is 3. The SMILES string of the molecule is Cc1ncc(C#C[C@@H]2CCC[C@H](NC(=O)CN(C)C(=O)OC(C)(C)C)C2)c(NC(C)C)n1. The van der Waals surface area contributed by atoms with Crippen LogP contribution < -0.4 is 10.6 Å². The van der Waals surface area contributed by atoms with Gasteiger partial charge >= 0.3 is 6.09 Å². The molecule has 0 aliphatic heterocycles. The Labute approximate surface area is 191 Å². The number of anilines is 1. The van der Waals surface area contributed by atoms with Crippen molar-refractivity contribution in [3.8, 4) is 11.8 Å². The molecule has 1 fully saturated rings. The zero-order valence-corrected chi connectivity index (χ0v) is 20.4. The van der Waals surface area contributed by atoms with Crippen LogP contribution in [0.3, 0.4) is 0 Å². The van der Waals surface area contributed by atoms with E-state index in [2.05, 4.69) is 46.3 Å². The highest BCUT2D eigenvalue weighted by Crippen LogP contribution is 2.24. The molecular weight excluding hydrogens is 406 g/mol. The van der Waals surface area contributed by atoms with Gasteiger partial charge in [0.25, 0.3) is 0 Å². The highest BCUT2D eigenvalue weighted by Gasteiger charge is 2.25. The summed E-state index contributed by atoms with van der Waals surface area (Å²) in [6.07, 6.45) is 4.94. The largest absolute Gasteiger partial charge is 0.444 e. The monoisotopic (exact) mass is 443 g/mol.